The fourth-order valence-corrected chi connectivity index (χ4v) is 3.81. The molecule has 1 fully saturated rings. The second-order valence-electron chi connectivity index (χ2n) is 3.65. The molecular formula is C9H16OSi. The van der Waals surface area contributed by atoms with Gasteiger partial charge in [0.05, 0.1) is 0 Å². The van der Waals surface area contributed by atoms with Crippen LogP contribution in [-0.2, 0) is 4.43 Å². The van der Waals surface area contributed by atoms with E-state index in [9.17, 15) is 0 Å². The van der Waals surface area contributed by atoms with Gasteiger partial charge in [0.25, 0.3) is 0 Å². The third-order valence-corrected chi connectivity index (χ3v) is 4.68. The lowest BCUT2D eigenvalue weighted by Crippen LogP contribution is -2.08. The van der Waals surface area contributed by atoms with Gasteiger partial charge in [-0.25, -0.2) is 0 Å². The third-order valence-electron chi connectivity index (χ3n) is 2.92. The molecule has 0 aliphatic heterocycles. The van der Waals surface area contributed by atoms with Crippen LogP contribution in [0.1, 0.15) is 26.2 Å². The molecule has 2 bridgehead atoms. The van der Waals surface area contributed by atoms with Gasteiger partial charge >= 0.3 is 0 Å². The molecular weight excluding hydrogens is 152 g/mol. The Labute approximate surface area is 70.8 Å². The van der Waals surface area contributed by atoms with Crippen molar-refractivity contribution in [3.8, 4) is 0 Å². The zero-order valence-electron chi connectivity index (χ0n) is 7.18. The highest BCUT2D eigenvalue weighted by atomic mass is 28.2. The highest BCUT2D eigenvalue weighted by molar-refractivity contribution is 6.38. The average molecular weight is 168 g/mol. The van der Waals surface area contributed by atoms with E-state index in [1.165, 1.54) is 19.3 Å². The predicted octanol–water partition coefficient (Wildman–Crippen LogP) is 1.42. The van der Waals surface area contributed by atoms with Crippen molar-refractivity contribution in [3.05, 3.63) is 11.3 Å². The van der Waals surface area contributed by atoms with Crippen LogP contribution in [-0.4, -0.2) is 16.4 Å². The molecule has 1 nitrogen and oxygen atoms in total. The lowest BCUT2D eigenvalue weighted by Gasteiger charge is -2.11. The molecule has 0 radical (unpaired) electrons. The van der Waals surface area contributed by atoms with E-state index in [1.54, 1.807) is 5.20 Å². The average Bonchev–Trinajstić information content (AvgIpc) is 2.60. The highest BCUT2D eigenvalue weighted by Gasteiger charge is 2.32. The normalized spacial score (nSPS) is 35.5. The summed E-state index contributed by atoms with van der Waals surface area (Å²) in [6.45, 7) is 3.02. The van der Waals surface area contributed by atoms with Gasteiger partial charge in [-0.1, -0.05) is 11.3 Å². The zero-order valence-corrected chi connectivity index (χ0v) is 8.59. The molecule has 1 saturated carbocycles. The summed E-state index contributed by atoms with van der Waals surface area (Å²) in [5, 5.41) is 1.73. The van der Waals surface area contributed by atoms with E-state index in [-0.39, 0.29) is 9.76 Å². The quantitative estimate of drug-likeness (QED) is 0.579. The maximum Gasteiger partial charge on any atom is 0.188 e. The van der Waals surface area contributed by atoms with Crippen LogP contribution in [0.15, 0.2) is 11.3 Å². The third kappa shape index (κ3) is 1.42. The standard InChI is InChI=1S/C9H16OSi/c1-2-10-11-9-6-7-3-4-8(9)5-7/h6-8H,2-5,11H2,1H3. The Morgan fingerprint density at radius 1 is 1.64 bits per heavy atom. The SMILES string of the molecule is CCO[SiH2]C1=CC2CCC1C2. The Morgan fingerprint density at radius 2 is 2.55 bits per heavy atom. The van der Waals surface area contributed by atoms with E-state index in [1.807, 2.05) is 0 Å². The first-order valence-electron chi connectivity index (χ1n) is 4.68. The minimum absolute atomic E-state index is 0.279. The van der Waals surface area contributed by atoms with Gasteiger partial charge in [-0.05, 0) is 38.0 Å². The Kier molecular flexibility index (Phi) is 2.14. The summed E-state index contributed by atoms with van der Waals surface area (Å²) in [6, 6.07) is 0. The summed E-state index contributed by atoms with van der Waals surface area (Å²) in [6.07, 6.45) is 6.87. The minimum atomic E-state index is -0.279. The molecule has 2 unspecified atom stereocenters. The lowest BCUT2D eigenvalue weighted by molar-refractivity contribution is 0.362. The molecule has 0 spiro atoms. The second kappa shape index (κ2) is 3.11. The van der Waals surface area contributed by atoms with Gasteiger partial charge in [0.2, 0.25) is 0 Å². The molecule has 0 saturated heterocycles. The highest BCUT2D eigenvalue weighted by Crippen LogP contribution is 2.42. The van der Waals surface area contributed by atoms with Crippen LogP contribution in [0.25, 0.3) is 0 Å². The zero-order chi connectivity index (χ0) is 7.68. The summed E-state index contributed by atoms with van der Waals surface area (Å²) in [5.74, 6) is 1.90. The van der Waals surface area contributed by atoms with Crippen LogP contribution in [0.3, 0.4) is 0 Å². The molecule has 2 heteroatoms. The monoisotopic (exact) mass is 168 g/mol. The first kappa shape index (κ1) is 7.56. The predicted molar refractivity (Wildman–Crippen MR) is 49.1 cm³/mol. The van der Waals surface area contributed by atoms with Gasteiger partial charge in [0.15, 0.2) is 9.76 Å². The largest absolute Gasteiger partial charge is 0.419 e. The number of rotatable bonds is 3. The van der Waals surface area contributed by atoms with Crippen molar-refractivity contribution in [2.75, 3.05) is 6.61 Å². The van der Waals surface area contributed by atoms with E-state index in [0.717, 1.165) is 18.4 Å². The maximum absolute atomic E-state index is 5.54. The summed E-state index contributed by atoms with van der Waals surface area (Å²) < 4.78 is 5.54. The summed E-state index contributed by atoms with van der Waals surface area (Å²) in [5.41, 5.74) is 0. The summed E-state index contributed by atoms with van der Waals surface area (Å²) in [4.78, 5) is 0. The van der Waals surface area contributed by atoms with Crippen LogP contribution in [0.5, 0.6) is 0 Å². The molecule has 11 heavy (non-hydrogen) atoms. The van der Waals surface area contributed by atoms with Crippen molar-refractivity contribution < 1.29 is 4.43 Å². The van der Waals surface area contributed by atoms with Crippen molar-refractivity contribution in [2.24, 2.45) is 11.8 Å². The van der Waals surface area contributed by atoms with Crippen LogP contribution < -0.4 is 0 Å². The molecule has 62 valence electrons. The summed E-state index contributed by atoms with van der Waals surface area (Å²) in [7, 11) is -0.279. The van der Waals surface area contributed by atoms with Crippen molar-refractivity contribution in [2.45, 2.75) is 26.2 Å². The van der Waals surface area contributed by atoms with Crippen molar-refractivity contribution >= 4 is 9.76 Å². The van der Waals surface area contributed by atoms with E-state index < -0.39 is 0 Å². The molecule has 0 aromatic rings. The maximum atomic E-state index is 5.54. The van der Waals surface area contributed by atoms with Gasteiger partial charge in [0.1, 0.15) is 0 Å². The first-order chi connectivity index (χ1) is 5.40. The lowest BCUT2D eigenvalue weighted by atomic mass is 10.1. The van der Waals surface area contributed by atoms with Crippen molar-refractivity contribution in [1.82, 2.24) is 0 Å². The Balaban J connectivity index is 1.90. The number of fused-ring (bicyclic) bond motifs is 2. The molecule has 0 N–H and O–H groups in total. The fraction of sp³-hybridized carbons (Fsp3) is 0.778. The summed E-state index contributed by atoms with van der Waals surface area (Å²) >= 11 is 0. The Morgan fingerprint density at radius 3 is 3.09 bits per heavy atom. The molecule has 2 aliphatic carbocycles. The van der Waals surface area contributed by atoms with E-state index in [4.69, 9.17) is 4.43 Å². The molecule has 2 rings (SSSR count). The number of hydrogen-bond donors (Lipinski definition) is 0. The molecule has 2 aliphatic rings. The number of allylic oxidation sites excluding steroid dienone is 2. The fourth-order valence-electron chi connectivity index (χ4n) is 2.33. The van der Waals surface area contributed by atoms with E-state index >= 15 is 0 Å². The first-order valence-corrected chi connectivity index (χ1v) is 5.97. The van der Waals surface area contributed by atoms with Crippen molar-refractivity contribution in [1.29, 1.82) is 0 Å². The topological polar surface area (TPSA) is 9.23 Å². The molecule has 0 aromatic carbocycles. The van der Waals surface area contributed by atoms with Crippen LogP contribution in [0.4, 0.5) is 0 Å². The molecule has 0 heterocycles. The second-order valence-corrected chi connectivity index (χ2v) is 5.16. The van der Waals surface area contributed by atoms with Gasteiger partial charge in [-0.3, -0.25) is 0 Å². The Bertz CT molecular complexity index is 176. The van der Waals surface area contributed by atoms with E-state index in [0.29, 0.717) is 0 Å². The van der Waals surface area contributed by atoms with Crippen LogP contribution in [0, 0.1) is 11.8 Å². The smallest absolute Gasteiger partial charge is 0.188 e. The Hall–Kier alpha value is -0.0831. The molecule has 0 amide bonds. The number of hydrogen-bond acceptors (Lipinski definition) is 1. The van der Waals surface area contributed by atoms with E-state index in [2.05, 4.69) is 13.0 Å². The van der Waals surface area contributed by atoms with Crippen LogP contribution >= 0.6 is 0 Å². The van der Waals surface area contributed by atoms with Gasteiger partial charge in [-0.15, -0.1) is 0 Å². The minimum Gasteiger partial charge on any atom is -0.419 e. The van der Waals surface area contributed by atoms with Gasteiger partial charge < -0.3 is 4.43 Å². The van der Waals surface area contributed by atoms with Crippen molar-refractivity contribution in [3.63, 3.8) is 0 Å². The molecule has 0 aromatic heterocycles. The van der Waals surface area contributed by atoms with Gasteiger partial charge in [0, 0.05) is 6.61 Å². The van der Waals surface area contributed by atoms with Gasteiger partial charge in [-0.2, -0.15) is 0 Å². The van der Waals surface area contributed by atoms with Crippen LogP contribution in [0.2, 0.25) is 0 Å². The molecule has 2 atom stereocenters.